The van der Waals surface area contributed by atoms with Gasteiger partial charge in [-0.15, -0.1) is 0 Å². The highest BCUT2D eigenvalue weighted by molar-refractivity contribution is 6.44. The number of fused-ring (bicyclic) bond motifs is 1. The molecule has 0 atom stereocenters. The number of methoxy groups -OCH3 is 1. The number of carbonyl (C=O) groups is 2. The monoisotopic (exact) mass is 375 g/mol. The molecule has 7 heteroatoms. The van der Waals surface area contributed by atoms with E-state index in [0.717, 1.165) is 16.8 Å². The largest absolute Gasteiger partial charge is 0.497 e. The van der Waals surface area contributed by atoms with Gasteiger partial charge in [0.2, 0.25) is 0 Å². The normalized spacial score (nSPS) is 10.8. The first-order valence-electron chi connectivity index (χ1n) is 8.64. The van der Waals surface area contributed by atoms with Gasteiger partial charge in [-0.1, -0.05) is 23.4 Å². The second-order valence-corrected chi connectivity index (χ2v) is 6.17. The Bertz CT molecular complexity index is 1140. The van der Waals surface area contributed by atoms with Crippen LogP contribution in [0, 0.1) is 0 Å². The van der Waals surface area contributed by atoms with Gasteiger partial charge in [0.1, 0.15) is 11.4 Å². The number of amides is 1. The standard InChI is InChI=1S/C21H17N3O4/c1-27-15-8-6-13(7-9-15)19-10-14(24-28-19)11-23-21(26)20(25)17-12-22-18-5-3-2-4-16(17)18/h2-10,12,22H,11H2,1H3,(H,23,26). The fraction of sp³-hybridized carbons (Fsp3) is 0.0952. The lowest BCUT2D eigenvalue weighted by Gasteiger charge is -2.01. The van der Waals surface area contributed by atoms with Crippen molar-refractivity contribution >= 4 is 22.6 Å². The summed E-state index contributed by atoms with van der Waals surface area (Å²) in [5, 5.41) is 7.24. The number of para-hydroxylation sites is 1. The Morgan fingerprint density at radius 3 is 2.71 bits per heavy atom. The first-order valence-corrected chi connectivity index (χ1v) is 8.64. The molecule has 1 amide bonds. The van der Waals surface area contributed by atoms with Crippen molar-refractivity contribution in [3.63, 3.8) is 0 Å². The molecule has 4 rings (SSSR count). The minimum Gasteiger partial charge on any atom is -0.497 e. The number of benzene rings is 2. The van der Waals surface area contributed by atoms with Gasteiger partial charge in [-0.3, -0.25) is 9.59 Å². The van der Waals surface area contributed by atoms with E-state index in [1.165, 1.54) is 0 Å². The fourth-order valence-corrected chi connectivity index (χ4v) is 2.92. The summed E-state index contributed by atoms with van der Waals surface area (Å²) in [6.07, 6.45) is 1.55. The average molecular weight is 375 g/mol. The molecule has 0 aliphatic carbocycles. The molecular weight excluding hydrogens is 358 g/mol. The number of ether oxygens (including phenoxy) is 1. The number of Topliss-reactive ketones (excluding diaryl/α,β-unsaturated/α-hetero) is 1. The number of aromatic nitrogens is 2. The predicted octanol–water partition coefficient (Wildman–Crippen LogP) is 3.33. The fourth-order valence-electron chi connectivity index (χ4n) is 2.92. The zero-order valence-electron chi connectivity index (χ0n) is 15.1. The Morgan fingerprint density at radius 1 is 1.14 bits per heavy atom. The van der Waals surface area contributed by atoms with E-state index in [1.54, 1.807) is 25.4 Å². The first-order chi connectivity index (χ1) is 13.7. The van der Waals surface area contributed by atoms with Gasteiger partial charge in [0.15, 0.2) is 5.76 Å². The van der Waals surface area contributed by atoms with Gasteiger partial charge in [-0.25, -0.2) is 0 Å². The molecule has 0 saturated carbocycles. The lowest BCUT2D eigenvalue weighted by molar-refractivity contribution is -0.117. The van der Waals surface area contributed by atoms with Gasteiger partial charge in [-0.2, -0.15) is 0 Å². The zero-order valence-corrected chi connectivity index (χ0v) is 15.1. The molecule has 0 spiro atoms. The second-order valence-electron chi connectivity index (χ2n) is 6.17. The molecule has 0 fully saturated rings. The van der Waals surface area contributed by atoms with Crippen molar-refractivity contribution in [3.05, 3.63) is 72.1 Å². The van der Waals surface area contributed by atoms with Gasteiger partial charge < -0.3 is 19.6 Å². The molecule has 2 aromatic heterocycles. The number of nitrogens with zero attached hydrogens (tertiary/aromatic N) is 1. The van der Waals surface area contributed by atoms with Gasteiger partial charge in [0.25, 0.3) is 11.7 Å². The van der Waals surface area contributed by atoms with Crippen LogP contribution in [0.2, 0.25) is 0 Å². The molecule has 0 unspecified atom stereocenters. The van der Waals surface area contributed by atoms with Crippen molar-refractivity contribution in [3.8, 4) is 17.1 Å². The van der Waals surface area contributed by atoms with Crippen molar-refractivity contribution < 1.29 is 18.8 Å². The Labute approximate surface area is 160 Å². The minimum atomic E-state index is -0.696. The van der Waals surface area contributed by atoms with Crippen LogP contribution in [0.1, 0.15) is 16.1 Å². The number of hydrogen-bond acceptors (Lipinski definition) is 5. The van der Waals surface area contributed by atoms with Gasteiger partial charge in [0.05, 0.1) is 19.2 Å². The second kappa shape index (κ2) is 7.40. The maximum atomic E-state index is 12.4. The van der Waals surface area contributed by atoms with Crippen LogP contribution in [0.15, 0.2) is 65.3 Å². The van der Waals surface area contributed by atoms with Gasteiger partial charge in [-0.05, 0) is 30.3 Å². The van der Waals surface area contributed by atoms with Gasteiger partial charge in [0, 0.05) is 28.7 Å². The third kappa shape index (κ3) is 3.37. The van der Waals surface area contributed by atoms with Crippen LogP contribution in [0.3, 0.4) is 0 Å². The van der Waals surface area contributed by atoms with E-state index in [1.807, 2.05) is 42.5 Å². The number of nitrogens with one attached hydrogen (secondary N) is 2. The van der Waals surface area contributed by atoms with Crippen molar-refractivity contribution in [1.29, 1.82) is 0 Å². The summed E-state index contributed by atoms with van der Waals surface area (Å²) < 4.78 is 10.4. The van der Waals surface area contributed by atoms with Crippen LogP contribution >= 0.6 is 0 Å². The molecule has 0 radical (unpaired) electrons. The number of ketones is 1. The van der Waals surface area contributed by atoms with Crippen LogP contribution in [0.4, 0.5) is 0 Å². The molecule has 7 nitrogen and oxygen atoms in total. The number of H-pyrrole nitrogens is 1. The van der Waals surface area contributed by atoms with Crippen LogP contribution < -0.4 is 10.1 Å². The Morgan fingerprint density at radius 2 is 1.93 bits per heavy atom. The number of carbonyl (C=O) groups excluding carboxylic acids is 2. The predicted molar refractivity (Wildman–Crippen MR) is 103 cm³/mol. The molecule has 2 heterocycles. The van der Waals surface area contributed by atoms with Crippen molar-refractivity contribution in [2.24, 2.45) is 0 Å². The summed E-state index contributed by atoms with van der Waals surface area (Å²) in [7, 11) is 1.60. The highest BCUT2D eigenvalue weighted by Gasteiger charge is 2.20. The van der Waals surface area contributed by atoms with Crippen LogP contribution in [-0.4, -0.2) is 28.9 Å². The van der Waals surface area contributed by atoms with E-state index < -0.39 is 11.7 Å². The van der Waals surface area contributed by atoms with E-state index in [-0.39, 0.29) is 6.54 Å². The number of rotatable bonds is 6. The SMILES string of the molecule is COc1ccc(-c2cc(CNC(=O)C(=O)c3c[nH]c4ccccc34)no2)cc1. The van der Waals surface area contributed by atoms with Crippen LogP contribution in [-0.2, 0) is 11.3 Å². The van der Waals surface area contributed by atoms with Crippen molar-refractivity contribution in [2.45, 2.75) is 6.54 Å². The highest BCUT2D eigenvalue weighted by Crippen LogP contribution is 2.23. The third-order valence-electron chi connectivity index (χ3n) is 4.40. The summed E-state index contributed by atoms with van der Waals surface area (Å²) in [5.41, 5.74) is 2.50. The molecule has 0 bridgehead atoms. The molecule has 2 N–H and O–H groups in total. The molecular formula is C21H17N3O4. The highest BCUT2D eigenvalue weighted by atomic mass is 16.5. The van der Waals surface area contributed by atoms with E-state index >= 15 is 0 Å². The molecule has 4 aromatic rings. The third-order valence-corrected chi connectivity index (χ3v) is 4.40. The minimum absolute atomic E-state index is 0.0899. The molecule has 0 aliphatic heterocycles. The zero-order chi connectivity index (χ0) is 19.5. The molecule has 0 aliphatic rings. The van der Waals surface area contributed by atoms with E-state index in [4.69, 9.17) is 9.26 Å². The lowest BCUT2D eigenvalue weighted by Crippen LogP contribution is -2.30. The summed E-state index contributed by atoms with van der Waals surface area (Å²) in [6.45, 7) is 0.0899. The summed E-state index contributed by atoms with van der Waals surface area (Å²) in [4.78, 5) is 27.7. The molecule has 2 aromatic carbocycles. The summed E-state index contributed by atoms with van der Waals surface area (Å²) in [6, 6.07) is 16.4. The maximum absolute atomic E-state index is 12.4. The van der Waals surface area contributed by atoms with Gasteiger partial charge >= 0.3 is 0 Å². The maximum Gasteiger partial charge on any atom is 0.292 e. The average Bonchev–Trinajstić information content (AvgIpc) is 3.39. The van der Waals surface area contributed by atoms with Crippen LogP contribution in [0.25, 0.3) is 22.2 Å². The number of hydrogen-bond donors (Lipinski definition) is 2. The van der Waals surface area contributed by atoms with E-state index in [9.17, 15) is 9.59 Å². The van der Waals surface area contributed by atoms with E-state index in [2.05, 4.69) is 15.5 Å². The van der Waals surface area contributed by atoms with Crippen molar-refractivity contribution in [1.82, 2.24) is 15.5 Å². The van der Waals surface area contributed by atoms with E-state index in [0.29, 0.717) is 22.4 Å². The first kappa shape index (κ1) is 17.5. The molecule has 140 valence electrons. The Hall–Kier alpha value is -3.87. The summed E-state index contributed by atoms with van der Waals surface area (Å²) >= 11 is 0. The van der Waals surface area contributed by atoms with Crippen molar-refractivity contribution in [2.75, 3.05) is 7.11 Å². The Kier molecular flexibility index (Phi) is 4.63. The topological polar surface area (TPSA) is 97.2 Å². The quantitative estimate of drug-likeness (QED) is 0.398. The Balaban J connectivity index is 1.42. The lowest BCUT2D eigenvalue weighted by atomic mass is 10.1. The van der Waals surface area contributed by atoms with Crippen LogP contribution in [0.5, 0.6) is 5.75 Å². The smallest absolute Gasteiger partial charge is 0.292 e. The molecule has 28 heavy (non-hydrogen) atoms. The molecule has 0 saturated heterocycles. The summed E-state index contributed by atoms with van der Waals surface area (Å²) in [5.74, 6) is 0.0106. The number of aromatic amines is 1.